The Balaban J connectivity index is 0. The van der Waals surface area contributed by atoms with Crippen LogP contribution in [0.25, 0.3) is 0 Å². The molecular formula is C10H20ClNO2. The number of ether oxygens (including phenoxy) is 1. The third kappa shape index (κ3) is 6.00. The topological polar surface area (TPSA) is 26.3 Å². The summed E-state index contributed by atoms with van der Waals surface area (Å²) in [5, 5.41) is 0. The van der Waals surface area contributed by atoms with Crippen molar-refractivity contribution in [2.75, 3.05) is 27.7 Å². The minimum Gasteiger partial charge on any atom is -1.00 e. The first-order valence-corrected chi connectivity index (χ1v) is 4.39. The SMILES string of the molecule is C=C(C)C(=O)OCC(C)[N+](C)(C)C.[Cl-]. The number of halogens is 1. The van der Waals surface area contributed by atoms with Crippen LogP contribution in [0.4, 0.5) is 0 Å². The summed E-state index contributed by atoms with van der Waals surface area (Å²) in [5.41, 5.74) is 0.452. The molecule has 0 radical (unpaired) electrons. The molecule has 84 valence electrons. The molecule has 0 amide bonds. The van der Waals surface area contributed by atoms with Gasteiger partial charge in [0, 0.05) is 5.57 Å². The average molecular weight is 222 g/mol. The van der Waals surface area contributed by atoms with Gasteiger partial charge in [-0.1, -0.05) is 6.58 Å². The quantitative estimate of drug-likeness (QED) is 0.318. The fourth-order valence-electron chi connectivity index (χ4n) is 0.543. The van der Waals surface area contributed by atoms with Gasteiger partial charge in [0.25, 0.3) is 0 Å². The molecule has 0 spiro atoms. The lowest BCUT2D eigenvalue weighted by atomic mass is 10.3. The van der Waals surface area contributed by atoms with Crippen molar-refractivity contribution < 1.29 is 26.4 Å². The van der Waals surface area contributed by atoms with Crippen molar-refractivity contribution in [1.29, 1.82) is 0 Å². The van der Waals surface area contributed by atoms with Gasteiger partial charge in [-0.05, 0) is 13.8 Å². The van der Waals surface area contributed by atoms with Gasteiger partial charge in [-0.3, -0.25) is 0 Å². The van der Waals surface area contributed by atoms with Gasteiger partial charge < -0.3 is 21.6 Å². The Morgan fingerprint density at radius 1 is 1.43 bits per heavy atom. The number of carbonyl (C=O) groups is 1. The third-order valence-electron chi connectivity index (χ3n) is 2.13. The Hall–Kier alpha value is -0.540. The van der Waals surface area contributed by atoms with Crippen LogP contribution in [0.2, 0.25) is 0 Å². The zero-order chi connectivity index (χ0) is 10.6. The van der Waals surface area contributed by atoms with Crippen molar-refractivity contribution in [3.8, 4) is 0 Å². The smallest absolute Gasteiger partial charge is 0.333 e. The van der Waals surface area contributed by atoms with Crippen molar-refractivity contribution in [3.05, 3.63) is 12.2 Å². The van der Waals surface area contributed by atoms with Crippen LogP contribution >= 0.6 is 0 Å². The lowest BCUT2D eigenvalue weighted by Crippen LogP contribution is -3.00. The fourth-order valence-corrected chi connectivity index (χ4v) is 0.543. The predicted molar refractivity (Wildman–Crippen MR) is 53.3 cm³/mol. The second-order valence-electron chi connectivity index (χ2n) is 4.34. The molecule has 0 N–H and O–H groups in total. The van der Waals surface area contributed by atoms with Gasteiger partial charge in [-0.25, -0.2) is 4.79 Å². The van der Waals surface area contributed by atoms with Crippen LogP contribution < -0.4 is 12.4 Å². The molecular weight excluding hydrogens is 202 g/mol. The molecule has 1 atom stereocenters. The van der Waals surface area contributed by atoms with Crippen LogP contribution in [0, 0.1) is 0 Å². The number of quaternary nitrogens is 1. The van der Waals surface area contributed by atoms with Crippen LogP contribution in [0.15, 0.2) is 12.2 Å². The molecule has 0 fully saturated rings. The van der Waals surface area contributed by atoms with Gasteiger partial charge >= 0.3 is 5.97 Å². The highest BCUT2D eigenvalue weighted by Gasteiger charge is 2.19. The first-order chi connectivity index (χ1) is 5.75. The van der Waals surface area contributed by atoms with Crippen LogP contribution in [0.3, 0.4) is 0 Å². The van der Waals surface area contributed by atoms with Gasteiger partial charge in [0.1, 0.15) is 12.6 Å². The molecule has 0 saturated heterocycles. The molecule has 0 saturated carbocycles. The molecule has 0 aromatic rings. The zero-order valence-electron chi connectivity index (χ0n) is 9.63. The van der Waals surface area contributed by atoms with E-state index in [1.165, 1.54) is 0 Å². The summed E-state index contributed by atoms with van der Waals surface area (Å²) in [6.45, 7) is 7.65. The Bertz CT molecular complexity index is 209. The minimum atomic E-state index is -0.305. The first kappa shape index (κ1) is 15.9. The highest BCUT2D eigenvalue weighted by molar-refractivity contribution is 5.86. The molecule has 3 nitrogen and oxygen atoms in total. The third-order valence-corrected chi connectivity index (χ3v) is 2.13. The van der Waals surface area contributed by atoms with Gasteiger partial charge in [0.2, 0.25) is 0 Å². The van der Waals surface area contributed by atoms with E-state index < -0.39 is 0 Å². The van der Waals surface area contributed by atoms with E-state index in [1.54, 1.807) is 6.92 Å². The molecule has 0 aromatic heterocycles. The average Bonchev–Trinajstić information content (AvgIpc) is 1.97. The van der Waals surface area contributed by atoms with E-state index in [2.05, 4.69) is 27.7 Å². The summed E-state index contributed by atoms with van der Waals surface area (Å²) in [7, 11) is 6.21. The Morgan fingerprint density at radius 2 is 1.86 bits per heavy atom. The number of nitrogens with zero attached hydrogens (tertiary/aromatic N) is 1. The Labute approximate surface area is 92.7 Å². The molecule has 0 aliphatic carbocycles. The Morgan fingerprint density at radius 3 is 2.14 bits per heavy atom. The largest absolute Gasteiger partial charge is 1.00 e. The number of hydrogen-bond donors (Lipinski definition) is 0. The van der Waals surface area contributed by atoms with Gasteiger partial charge in [-0.15, -0.1) is 0 Å². The van der Waals surface area contributed by atoms with E-state index in [0.717, 1.165) is 4.48 Å². The lowest BCUT2D eigenvalue weighted by Gasteiger charge is -2.31. The summed E-state index contributed by atoms with van der Waals surface area (Å²) in [4.78, 5) is 11.0. The van der Waals surface area contributed by atoms with Crippen molar-refractivity contribution in [2.24, 2.45) is 0 Å². The number of carbonyl (C=O) groups excluding carboxylic acids is 1. The first-order valence-electron chi connectivity index (χ1n) is 4.39. The predicted octanol–water partition coefficient (Wildman–Crippen LogP) is -1.80. The van der Waals surface area contributed by atoms with E-state index >= 15 is 0 Å². The molecule has 14 heavy (non-hydrogen) atoms. The second kappa shape index (κ2) is 6.04. The number of rotatable bonds is 4. The van der Waals surface area contributed by atoms with Crippen molar-refractivity contribution >= 4 is 5.97 Å². The van der Waals surface area contributed by atoms with Crippen molar-refractivity contribution in [1.82, 2.24) is 0 Å². The highest BCUT2D eigenvalue weighted by Crippen LogP contribution is 2.03. The van der Waals surface area contributed by atoms with Gasteiger partial charge in [0.15, 0.2) is 0 Å². The van der Waals surface area contributed by atoms with E-state index in [1.807, 2.05) is 6.92 Å². The van der Waals surface area contributed by atoms with Gasteiger partial charge in [-0.2, -0.15) is 0 Å². The van der Waals surface area contributed by atoms with E-state index in [0.29, 0.717) is 18.2 Å². The molecule has 0 rings (SSSR count). The summed E-state index contributed by atoms with van der Waals surface area (Å²) in [6.07, 6.45) is 0. The molecule has 0 heterocycles. The summed E-state index contributed by atoms with van der Waals surface area (Å²) in [5.74, 6) is -0.305. The van der Waals surface area contributed by atoms with E-state index in [9.17, 15) is 4.79 Å². The summed E-state index contributed by atoms with van der Waals surface area (Å²) in [6, 6.07) is 0.295. The van der Waals surface area contributed by atoms with Crippen molar-refractivity contribution in [2.45, 2.75) is 19.9 Å². The van der Waals surface area contributed by atoms with E-state index in [-0.39, 0.29) is 18.4 Å². The lowest BCUT2D eigenvalue weighted by molar-refractivity contribution is -0.894. The summed E-state index contributed by atoms with van der Waals surface area (Å²) < 4.78 is 5.82. The molecule has 4 heteroatoms. The number of hydrogen-bond acceptors (Lipinski definition) is 2. The van der Waals surface area contributed by atoms with Crippen LogP contribution in [0.1, 0.15) is 13.8 Å². The standard InChI is InChI=1S/C10H20NO2.ClH/c1-8(2)10(12)13-7-9(3)11(4,5)6;/h9H,1,7H2,2-6H3;1H/q+1;/p-1. The highest BCUT2D eigenvalue weighted by atomic mass is 35.5. The Kier molecular flexibility index (Phi) is 6.86. The molecule has 0 aliphatic heterocycles. The van der Waals surface area contributed by atoms with Crippen LogP contribution in [0.5, 0.6) is 0 Å². The van der Waals surface area contributed by atoms with Gasteiger partial charge in [0.05, 0.1) is 21.1 Å². The second-order valence-corrected chi connectivity index (χ2v) is 4.34. The number of likely N-dealkylation sites (N-methyl/N-ethyl adjacent to an activating group) is 1. The minimum absolute atomic E-state index is 0. The zero-order valence-corrected chi connectivity index (χ0v) is 10.4. The summed E-state index contributed by atoms with van der Waals surface area (Å²) >= 11 is 0. The maximum absolute atomic E-state index is 11.0. The van der Waals surface area contributed by atoms with Crippen LogP contribution in [-0.2, 0) is 9.53 Å². The van der Waals surface area contributed by atoms with Crippen LogP contribution in [-0.4, -0.2) is 44.2 Å². The number of esters is 1. The van der Waals surface area contributed by atoms with Crippen molar-refractivity contribution in [3.63, 3.8) is 0 Å². The maximum Gasteiger partial charge on any atom is 0.333 e. The monoisotopic (exact) mass is 221 g/mol. The molecule has 0 bridgehead atoms. The molecule has 0 aromatic carbocycles. The van der Waals surface area contributed by atoms with E-state index in [4.69, 9.17) is 4.74 Å². The maximum atomic E-state index is 11.0. The fraction of sp³-hybridized carbons (Fsp3) is 0.700. The normalized spacial score (nSPS) is 12.6. The molecule has 0 aliphatic rings. The molecule has 1 unspecified atom stereocenters.